The molecule has 1 saturated carbocycles. The molecule has 21 heavy (non-hydrogen) atoms. The van der Waals surface area contributed by atoms with Gasteiger partial charge in [-0.15, -0.1) is 10.2 Å². The number of aromatic nitrogens is 4. The number of nitrogens with two attached hydrogens (primary N) is 1. The summed E-state index contributed by atoms with van der Waals surface area (Å²) in [5, 5.41) is 11.0. The monoisotopic (exact) mass is 286 g/mol. The van der Waals surface area contributed by atoms with E-state index in [1.54, 1.807) is 35.4 Å². The van der Waals surface area contributed by atoms with Crippen molar-refractivity contribution < 1.29 is 4.79 Å². The van der Waals surface area contributed by atoms with Crippen molar-refractivity contribution in [2.75, 3.05) is 0 Å². The van der Waals surface area contributed by atoms with E-state index in [4.69, 9.17) is 5.73 Å². The van der Waals surface area contributed by atoms with Crippen molar-refractivity contribution >= 4 is 5.91 Å². The molecule has 0 bridgehead atoms. The van der Waals surface area contributed by atoms with Crippen LogP contribution in [0.15, 0.2) is 30.9 Å². The van der Waals surface area contributed by atoms with Crippen LogP contribution in [0.5, 0.6) is 0 Å². The molecular weight excluding hydrogens is 268 g/mol. The minimum Gasteiger partial charge on any atom is -0.347 e. The normalized spacial score (nSPS) is 23.4. The van der Waals surface area contributed by atoms with Gasteiger partial charge in [-0.2, -0.15) is 0 Å². The molecule has 0 spiro atoms. The van der Waals surface area contributed by atoms with E-state index in [0.717, 1.165) is 6.42 Å². The standard InChI is InChI=1S/C14H18N6O/c1-14(2)10(15)7-11(14)17-13(21)9-3-4-12(19-18-9)20-6-5-16-8-20/h3-6,8,10-11H,7,15H2,1-2H3,(H,17,21). The third-order valence-electron chi connectivity index (χ3n) is 4.30. The fraction of sp³-hybridized carbons (Fsp3) is 0.429. The van der Waals surface area contributed by atoms with Gasteiger partial charge in [0.1, 0.15) is 6.33 Å². The second-order valence-corrected chi connectivity index (χ2v) is 5.94. The molecule has 2 atom stereocenters. The zero-order valence-electron chi connectivity index (χ0n) is 12.0. The number of carbonyl (C=O) groups excluding carboxylic acids is 1. The van der Waals surface area contributed by atoms with Crippen LogP contribution < -0.4 is 11.1 Å². The Morgan fingerprint density at radius 1 is 1.43 bits per heavy atom. The molecule has 2 unspecified atom stereocenters. The van der Waals surface area contributed by atoms with Crippen LogP contribution in [-0.2, 0) is 0 Å². The van der Waals surface area contributed by atoms with Crippen molar-refractivity contribution in [3.8, 4) is 5.82 Å². The van der Waals surface area contributed by atoms with Crippen molar-refractivity contribution in [2.24, 2.45) is 11.1 Å². The van der Waals surface area contributed by atoms with Crippen molar-refractivity contribution in [3.05, 3.63) is 36.5 Å². The van der Waals surface area contributed by atoms with Gasteiger partial charge in [-0.05, 0) is 18.6 Å². The van der Waals surface area contributed by atoms with Crippen LogP contribution >= 0.6 is 0 Å². The third kappa shape index (κ3) is 2.40. The lowest BCUT2D eigenvalue weighted by Crippen LogP contribution is -2.64. The number of hydrogen-bond acceptors (Lipinski definition) is 5. The van der Waals surface area contributed by atoms with Crippen LogP contribution in [0.3, 0.4) is 0 Å². The topological polar surface area (TPSA) is 98.7 Å². The van der Waals surface area contributed by atoms with Gasteiger partial charge in [0.05, 0.1) is 0 Å². The Labute approximate surface area is 122 Å². The predicted molar refractivity (Wildman–Crippen MR) is 76.8 cm³/mol. The number of imidazole rings is 1. The lowest BCUT2D eigenvalue weighted by atomic mass is 9.63. The van der Waals surface area contributed by atoms with Gasteiger partial charge in [0.25, 0.3) is 5.91 Å². The van der Waals surface area contributed by atoms with Gasteiger partial charge in [-0.3, -0.25) is 9.36 Å². The van der Waals surface area contributed by atoms with E-state index in [9.17, 15) is 4.79 Å². The lowest BCUT2D eigenvalue weighted by Gasteiger charge is -2.50. The van der Waals surface area contributed by atoms with Gasteiger partial charge >= 0.3 is 0 Å². The Balaban J connectivity index is 1.69. The second kappa shape index (κ2) is 4.92. The summed E-state index contributed by atoms with van der Waals surface area (Å²) in [6.07, 6.45) is 5.84. The molecule has 2 aromatic heterocycles. The molecule has 2 aromatic rings. The fourth-order valence-electron chi connectivity index (χ4n) is 2.42. The maximum absolute atomic E-state index is 12.2. The number of amides is 1. The first-order valence-corrected chi connectivity index (χ1v) is 6.87. The fourth-order valence-corrected chi connectivity index (χ4v) is 2.42. The number of nitrogens with zero attached hydrogens (tertiary/aromatic N) is 4. The molecule has 1 fully saturated rings. The molecule has 110 valence electrons. The highest BCUT2D eigenvalue weighted by atomic mass is 16.2. The highest BCUT2D eigenvalue weighted by Gasteiger charge is 2.46. The van der Waals surface area contributed by atoms with E-state index in [-0.39, 0.29) is 23.4 Å². The van der Waals surface area contributed by atoms with Gasteiger partial charge in [0.2, 0.25) is 0 Å². The molecule has 1 aliphatic rings. The summed E-state index contributed by atoms with van der Waals surface area (Å²) in [7, 11) is 0. The Bertz CT molecular complexity index is 634. The summed E-state index contributed by atoms with van der Waals surface area (Å²) >= 11 is 0. The molecule has 1 amide bonds. The average Bonchev–Trinajstić information content (AvgIpc) is 3.01. The van der Waals surface area contributed by atoms with Gasteiger partial charge in [0, 0.05) is 29.9 Å². The van der Waals surface area contributed by atoms with Crippen molar-refractivity contribution in [1.29, 1.82) is 0 Å². The quantitative estimate of drug-likeness (QED) is 0.857. The molecule has 0 radical (unpaired) electrons. The largest absolute Gasteiger partial charge is 0.347 e. The van der Waals surface area contributed by atoms with E-state index in [1.165, 1.54) is 0 Å². The molecule has 1 aliphatic carbocycles. The summed E-state index contributed by atoms with van der Waals surface area (Å²) in [6, 6.07) is 3.59. The minimum absolute atomic E-state index is 0.0788. The Morgan fingerprint density at radius 2 is 2.24 bits per heavy atom. The molecule has 7 heteroatoms. The van der Waals surface area contributed by atoms with E-state index in [0.29, 0.717) is 11.5 Å². The maximum Gasteiger partial charge on any atom is 0.272 e. The number of hydrogen-bond donors (Lipinski definition) is 2. The SMILES string of the molecule is CC1(C)C(N)CC1NC(=O)c1ccc(-n2ccnc2)nn1. The van der Waals surface area contributed by atoms with Crippen LogP contribution in [0.25, 0.3) is 5.82 Å². The highest BCUT2D eigenvalue weighted by Crippen LogP contribution is 2.39. The molecule has 7 nitrogen and oxygen atoms in total. The highest BCUT2D eigenvalue weighted by molar-refractivity contribution is 5.92. The lowest BCUT2D eigenvalue weighted by molar-refractivity contribution is 0.0582. The van der Waals surface area contributed by atoms with E-state index in [2.05, 4.69) is 34.3 Å². The second-order valence-electron chi connectivity index (χ2n) is 5.94. The van der Waals surface area contributed by atoms with Gasteiger partial charge in [0.15, 0.2) is 11.5 Å². The summed E-state index contributed by atoms with van der Waals surface area (Å²) < 4.78 is 1.72. The number of carbonyl (C=O) groups is 1. The molecule has 0 aromatic carbocycles. The summed E-state index contributed by atoms with van der Waals surface area (Å²) in [6.45, 7) is 4.11. The average molecular weight is 286 g/mol. The van der Waals surface area contributed by atoms with E-state index < -0.39 is 0 Å². The smallest absolute Gasteiger partial charge is 0.272 e. The van der Waals surface area contributed by atoms with Crippen molar-refractivity contribution in [3.63, 3.8) is 0 Å². The Hall–Kier alpha value is -2.28. The zero-order valence-corrected chi connectivity index (χ0v) is 12.0. The Morgan fingerprint density at radius 3 is 2.76 bits per heavy atom. The van der Waals surface area contributed by atoms with E-state index in [1.807, 2.05) is 0 Å². The molecule has 0 aliphatic heterocycles. The first-order valence-electron chi connectivity index (χ1n) is 6.87. The van der Waals surface area contributed by atoms with Gasteiger partial charge in [-0.25, -0.2) is 4.98 Å². The third-order valence-corrected chi connectivity index (χ3v) is 4.30. The first-order chi connectivity index (χ1) is 9.98. The Kier molecular flexibility index (Phi) is 3.21. The van der Waals surface area contributed by atoms with E-state index >= 15 is 0 Å². The number of nitrogens with one attached hydrogen (secondary N) is 1. The van der Waals surface area contributed by atoms with Crippen LogP contribution in [0.1, 0.15) is 30.8 Å². The van der Waals surface area contributed by atoms with Crippen molar-refractivity contribution in [2.45, 2.75) is 32.4 Å². The molecular formula is C14H18N6O. The van der Waals surface area contributed by atoms with Crippen LogP contribution in [-0.4, -0.2) is 37.7 Å². The molecule has 3 rings (SSSR count). The molecule has 2 heterocycles. The summed E-state index contributed by atoms with van der Waals surface area (Å²) in [4.78, 5) is 16.1. The minimum atomic E-state index is -0.218. The maximum atomic E-state index is 12.2. The first kappa shape index (κ1) is 13.7. The van der Waals surface area contributed by atoms with Gasteiger partial charge < -0.3 is 11.1 Å². The number of rotatable bonds is 3. The predicted octanol–water partition coefficient (Wildman–Crippen LogP) is 0.518. The van der Waals surface area contributed by atoms with Crippen molar-refractivity contribution in [1.82, 2.24) is 25.1 Å². The molecule has 3 N–H and O–H groups in total. The summed E-state index contributed by atoms with van der Waals surface area (Å²) in [5.41, 5.74) is 6.16. The van der Waals surface area contributed by atoms with Crippen LogP contribution in [0, 0.1) is 5.41 Å². The zero-order chi connectivity index (χ0) is 15.0. The van der Waals surface area contributed by atoms with Crippen LogP contribution in [0.4, 0.5) is 0 Å². The van der Waals surface area contributed by atoms with Gasteiger partial charge in [-0.1, -0.05) is 13.8 Å². The summed E-state index contributed by atoms with van der Waals surface area (Å²) in [5.74, 6) is 0.403. The molecule has 0 saturated heterocycles. The van der Waals surface area contributed by atoms with Crippen LogP contribution in [0.2, 0.25) is 0 Å².